The quantitative estimate of drug-likeness (QED) is 0.482. The maximum atomic E-state index is 12.5. The minimum atomic E-state index is -0.778. The molecule has 0 aliphatic carbocycles. The van der Waals surface area contributed by atoms with E-state index in [-0.39, 0.29) is 12.5 Å². The number of aliphatic hydroxyl groups excluding tert-OH is 1. The first-order valence-corrected chi connectivity index (χ1v) is 9.24. The number of urea groups is 1. The van der Waals surface area contributed by atoms with E-state index in [1.54, 1.807) is 43.5 Å². The van der Waals surface area contributed by atoms with Gasteiger partial charge in [-0.05, 0) is 48.4 Å². The number of methoxy groups -OCH3 is 1. The van der Waals surface area contributed by atoms with Gasteiger partial charge in [0, 0.05) is 30.3 Å². The van der Waals surface area contributed by atoms with Crippen LogP contribution in [0.1, 0.15) is 12.0 Å². The number of anilines is 1. The smallest absolute Gasteiger partial charge is 0.319 e. The lowest BCUT2D eigenvalue weighted by Gasteiger charge is -2.19. The highest BCUT2D eigenvalue weighted by molar-refractivity contribution is 6.30. The number of amides is 3. The summed E-state index contributed by atoms with van der Waals surface area (Å²) < 4.78 is 5.13. The molecule has 0 aliphatic heterocycles. The Kier molecular flexibility index (Phi) is 8.58. The Morgan fingerprint density at radius 2 is 1.79 bits per heavy atom. The summed E-state index contributed by atoms with van der Waals surface area (Å²) in [7, 11) is 1.58. The monoisotopic (exact) mass is 405 g/mol. The summed E-state index contributed by atoms with van der Waals surface area (Å²) in [6.07, 6.45) is 0.751. The van der Waals surface area contributed by atoms with Crippen molar-refractivity contribution in [3.05, 3.63) is 59.1 Å². The number of rotatable bonds is 9. The zero-order valence-electron chi connectivity index (χ0n) is 15.6. The van der Waals surface area contributed by atoms with Crippen LogP contribution in [-0.4, -0.2) is 43.3 Å². The van der Waals surface area contributed by atoms with Crippen molar-refractivity contribution >= 4 is 29.2 Å². The van der Waals surface area contributed by atoms with Crippen molar-refractivity contribution in [3.63, 3.8) is 0 Å². The molecule has 1 unspecified atom stereocenters. The molecule has 0 heterocycles. The summed E-state index contributed by atoms with van der Waals surface area (Å²) in [5.41, 5.74) is 1.43. The number of nitrogens with one attached hydrogen (secondary N) is 3. The summed E-state index contributed by atoms with van der Waals surface area (Å²) in [6, 6.07) is 12.6. The fourth-order valence-electron chi connectivity index (χ4n) is 2.48. The number of aliphatic hydroxyl groups is 1. The second kappa shape index (κ2) is 11.2. The number of halogens is 1. The van der Waals surface area contributed by atoms with E-state index in [1.807, 2.05) is 12.1 Å². The average molecular weight is 406 g/mol. The van der Waals surface area contributed by atoms with Gasteiger partial charge in [0.2, 0.25) is 5.91 Å². The van der Waals surface area contributed by atoms with Crippen molar-refractivity contribution in [2.45, 2.75) is 18.9 Å². The average Bonchev–Trinajstić information content (AvgIpc) is 2.70. The summed E-state index contributed by atoms with van der Waals surface area (Å²) in [5.74, 6) is 0.386. The Hall–Kier alpha value is -2.77. The molecule has 0 fully saturated rings. The maximum absolute atomic E-state index is 12.5. The van der Waals surface area contributed by atoms with Gasteiger partial charge in [-0.2, -0.15) is 0 Å². The standard InChI is InChI=1S/C20H24ClN3O4/c1-28-17-9-3-14(4-10-17)13-18(19(26)22-11-2-12-25)24-20(27)23-16-7-5-15(21)6-8-16/h3-10,18,25H,2,11-13H2,1H3,(H,22,26)(H2,23,24,27). The molecule has 4 N–H and O–H groups in total. The van der Waals surface area contributed by atoms with Crippen molar-refractivity contribution < 1.29 is 19.4 Å². The van der Waals surface area contributed by atoms with Gasteiger partial charge in [-0.25, -0.2) is 4.79 Å². The molecule has 0 aliphatic rings. The molecule has 0 spiro atoms. The molecule has 0 radical (unpaired) electrons. The van der Waals surface area contributed by atoms with Crippen LogP contribution in [0.25, 0.3) is 0 Å². The van der Waals surface area contributed by atoms with E-state index >= 15 is 0 Å². The van der Waals surface area contributed by atoms with Crippen molar-refractivity contribution in [1.29, 1.82) is 0 Å². The zero-order chi connectivity index (χ0) is 20.4. The van der Waals surface area contributed by atoms with Crippen molar-refractivity contribution in [1.82, 2.24) is 10.6 Å². The van der Waals surface area contributed by atoms with Gasteiger partial charge < -0.3 is 25.8 Å². The lowest BCUT2D eigenvalue weighted by atomic mass is 10.0. The van der Waals surface area contributed by atoms with Gasteiger partial charge in [0.1, 0.15) is 11.8 Å². The van der Waals surface area contributed by atoms with Crippen LogP contribution in [0, 0.1) is 0 Å². The van der Waals surface area contributed by atoms with Crippen molar-refractivity contribution in [2.24, 2.45) is 0 Å². The molecule has 28 heavy (non-hydrogen) atoms. The van der Waals surface area contributed by atoms with Gasteiger partial charge in [0.15, 0.2) is 0 Å². The second-order valence-electron chi connectivity index (χ2n) is 6.08. The molecule has 1 atom stereocenters. The zero-order valence-corrected chi connectivity index (χ0v) is 16.3. The van der Waals surface area contributed by atoms with E-state index in [9.17, 15) is 9.59 Å². The minimum absolute atomic E-state index is 0.0199. The van der Waals surface area contributed by atoms with Crippen LogP contribution in [0.3, 0.4) is 0 Å². The molecular formula is C20H24ClN3O4. The number of carbonyl (C=O) groups excluding carboxylic acids is 2. The van der Waals surface area contributed by atoms with Crippen LogP contribution >= 0.6 is 11.6 Å². The molecule has 7 nitrogen and oxygen atoms in total. The lowest BCUT2D eigenvalue weighted by Crippen LogP contribution is -2.49. The molecule has 8 heteroatoms. The Balaban J connectivity index is 2.03. The van der Waals surface area contributed by atoms with Crippen LogP contribution in [0.4, 0.5) is 10.5 Å². The SMILES string of the molecule is COc1ccc(CC(NC(=O)Nc2ccc(Cl)cc2)C(=O)NCCCO)cc1. The number of benzene rings is 2. The molecule has 2 aromatic rings. The molecule has 3 amide bonds. The first-order valence-electron chi connectivity index (χ1n) is 8.86. The van der Waals surface area contributed by atoms with Gasteiger partial charge in [-0.1, -0.05) is 23.7 Å². The van der Waals surface area contributed by atoms with Crippen molar-refractivity contribution in [3.8, 4) is 5.75 Å². The van der Waals surface area contributed by atoms with Crippen LogP contribution in [0.5, 0.6) is 5.75 Å². The van der Waals surface area contributed by atoms with Crippen LogP contribution in [-0.2, 0) is 11.2 Å². The second-order valence-corrected chi connectivity index (χ2v) is 6.51. The Labute approximate surface area is 169 Å². The molecule has 150 valence electrons. The fraction of sp³-hybridized carbons (Fsp3) is 0.300. The Bertz CT molecular complexity index is 766. The molecule has 0 aromatic heterocycles. The first-order chi connectivity index (χ1) is 13.5. The third kappa shape index (κ3) is 7.09. The van der Waals surface area contributed by atoms with E-state index in [2.05, 4.69) is 16.0 Å². The summed E-state index contributed by atoms with van der Waals surface area (Å²) in [6.45, 7) is 0.308. The minimum Gasteiger partial charge on any atom is -0.497 e. The molecule has 0 saturated heterocycles. The molecule has 2 aromatic carbocycles. The lowest BCUT2D eigenvalue weighted by molar-refractivity contribution is -0.122. The predicted molar refractivity (Wildman–Crippen MR) is 109 cm³/mol. The fourth-order valence-corrected chi connectivity index (χ4v) is 2.61. The number of hydrogen-bond acceptors (Lipinski definition) is 4. The van der Waals surface area contributed by atoms with Crippen LogP contribution in [0.15, 0.2) is 48.5 Å². The van der Waals surface area contributed by atoms with E-state index in [1.165, 1.54) is 0 Å². The normalized spacial score (nSPS) is 11.4. The van der Waals surface area contributed by atoms with Gasteiger partial charge in [0.25, 0.3) is 0 Å². The number of carbonyl (C=O) groups is 2. The van der Waals surface area contributed by atoms with Gasteiger partial charge in [0.05, 0.1) is 7.11 Å². The predicted octanol–water partition coefficient (Wildman–Crippen LogP) is 2.58. The van der Waals surface area contributed by atoms with Crippen molar-refractivity contribution in [2.75, 3.05) is 25.6 Å². The van der Waals surface area contributed by atoms with Crippen LogP contribution < -0.4 is 20.7 Å². The Morgan fingerprint density at radius 1 is 1.11 bits per heavy atom. The van der Waals surface area contributed by atoms with E-state index < -0.39 is 12.1 Å². The third-order valence-electron chi connectivity index (χ3n) is 3.96. The highest BCUT2D eigenvalue weighted by Gasteiger charge is 2.21. The highest BCUT2D eigenvalue weighted by atomic mass is 35.5. The molecule has 2 rings (SSSR count). The molecule has 0 saturated carbocycles. The van der Waals surface area contributed by atoms with Gasteiger partial charge in [-0.3, -0.25) is 4.79 Å². The molecular weight excluding hydrogens is 382 g/mol. The third-order valence-corrected chi connectivity index (χ3v) is 4.21. The summed E-state index contributed by atoms with van der Waals surface area (Å²) >= 11 is 5.84. The first kappa shape index (κ1) is 21.5. The van der Waals surface area contributed by atoms with E-state index in [0.29, 0.717) is 35.8 Å². The van der Waals surface area contributed by atoms with Gasteiger partial charge >= 0.3 is 6.03 Å². The summed E-state index contributed by atoms with van der Waals surface area (Å²) in [5, 5.41) is 17.5. The van der Waals surface area contributed by atoms with E-state index in [0.717, 1.165) is 5.56 Å². The van der Waals surface area contributed by atoms with E-state index in [4.69, 9.17) is 21.4 Å². The number of ether oxygens (including phenoxy) is 1. The van der Waals surface area contributed by atoms with Gasteiger partial charge in [-0.15, -0.1) is 0 Å². The molecule has 0 bridgehead atoms. The summed E-state index contributed by atoms with van der Waals surface area (Å²) in [4.78, 5) is 24.8. The Morgan fingerprint density at radius 3 is 2.39 bits per heavy atom. The van der Waals surface area contributed by atoms with Crippen LogP contribution in [0.2, 0.25) is 5.02 Å². The maximum Gasteiger partial charge on any atom is 0.319 e. The topological polar surface area (TPSA) is 99.7 Å². The number of hydrogen-bond donors (Lipinski definition) is 4. The highest BCUT2D eigenvalue weighted by Crippen LogP contribution is 2.14. The largest absolute Gasteiger partial charge is 0.497 e.